The standard InChI is InChI=1S/C16H22ClN3O2S/c17-15-18-13(10-23-15)9-19-5-11-7-20(8-12(11)6-19)14(21)4-16(22)2-1-3-16/h10-12,22H,1-9H2/t11-,12+. The highest BCUT2D eigenvalue weighted by molar-refractivity contribution is 7.13. The molecule has 0 spiro atoms. The Morgan fingerprint density at radius 2 is 2.04 bits per heavy atom. The van der Waals surface area contributed by atoms with Crippen molar-refractivity contribution in [3.05, 3.63) is 15.5 Å². The van der Waals surface area contributed by atoms with Gasteiger partial charge in [-0.1, -0.05) is 11.6 Å². The monoisotopic (exact) mass is 355 g/mol. The number of nitrogens with zero attached hydrogens (tertiary/aromatic N) is 3. The maximum absolute atomic E-state index is 12.4. The summed E-state index contributed by atoms with van der Waals surface area (Å²) in [7, 11) is 0. The average Bonchev–Trinajstić information content (AvgIpc) is 3.12. The first-order chi connectivity index (χ1) is 11.0. The van der Waals surface area contributed by atoms with Crippen molar-refractivity contribution in [2.45, 2.75) is 37.8 Å². The first-order valence-corrected chi connectivity index (χ1v) is 9.59. The molecular weight excluding hydrogens is 334 g/mol. The molecule has 3 aliphatic rings. The quantitative estimate of drug-likeness (QED) is 0.897. The van der Waals surface area contributed by atoms with Gasteiger partial charge in [0.15, 0.2) is 4.47 Å². The van der Waals surface area contributed by atoms with Gasteiger partial charge < -0.3 is 10.0 Å². The number of halogens is 1. The molecule has 2 aliphatic heterocycles. The summed E-state index contributed by atoms with van der Waals surface area (Å²) in [5.74, 6) is 1.26. The normalized spacial score (nSPS) is 29.6. The second-order valence-electron chi connectivity index (χ2n) is 7.36. The second kappa shape index (κ2) is 5.99. The van der Waals surface area contributed by atoms with E-state index in [1.54, 1.807) is 0 Å². The lowest BCUT2D eigenvalue weighted by Gasteiger charge is -2.37. The summed E-state index contributed by atoms with van der Waals surface area (Å²) in [4.78, 5) is 21.1. The number of aromatic nitrogens is 1. The van der Waals surface area contributed by atoms with E-state index < -0.39 is 5.60 Å². The molecule has 3 fully saturated rings. The summed E-state index contributed by atoms with van der Waals surface area (Å²) in [6.07, 6.45) is 2.92. The fourth-order valence-electron chi connectivity index (χ4n) is 4.16. The van der Waals surface area contributed by atoms with Gasteiger partial charge in [-0.25, -0.2) is 4.98 Å². The van der Waals surface area contributed by atoms with Crippen molar-refractivity contribution in [2.75, 3.05) is 26.2 Å². The van der Waals surface area contributed by atoms with Crippen molar-refractivity contribution in [1.82, 2.24) is 14.8 Å². The van der Waals surface area contributed by atoms with Crippen LogP contribution >= 0.6 is 22.9 Å². The van der Waals surface area contributed by atoms with Gasteiger partial charge in [-0.05, 0) is 31.1 Å². The Kier molecular flexibility index (Phi) is 4.12. The minimum atomic E-state index is -0.704. The topological polar surface area (TPSA) is 56.7 Å². The third-order valence-corrected chi connectivity index (χ3v) is 6.62. The van der Waals surface area contributed by atoms with E-state index in [0.29, 0.717) is 22.7 Å². The predicted molar refractivity (Wildman–Crippen MR) is 89.4 cm³/mol. The Morgan fingerprint density at radius 1 is 1.35 bits per heavy atom. The molecule has 0 bridgehead atoms. The van der Waals surface area contributed by atoms with Gasteiger partial charge in [0.05, 0.1) is 17.7 Å². The molecule has 1 aromatic heterocycles. The number of amides is 1. The summed E-state index contributed by atoms with van der Waals surface area (Å²) >= 11 is 7.37. The highest BCUT2D eigenvalue weighted by atomic mass is 35.5. The van der Waals surface area contributed by atoms with Crippen LogP contribution in [0.3, 0.4) is 0 Å². The minimum absolute atomic E-state index is 0.138. The van der Waals surface area contributed by atoms with E-state index in [1.165, 1.54) is 11.3 Å². The van der Waals surface area contributed by atoms with Crippen molar-refractivity contribution in [1.29, 1.82) is 0 Å². The Hall–Kier alpha value is -0.690. The molecule has 1 N–H and O–H groups in total. The average molecular weight is 356 g/mol. The molecule has 0 radical (unpaired) electrons. The molecule has 7 heteroatoms. The molecule has 1 aliphatic carbocycles. The predicted octanol–water partition coefficient (Wildman–Crippen LogP) is 1.99. The molecule has 4 rings (SSSR count). The van der Waals surface area contributed by atoms with Gasteiger partial charge in [-0.3, -0.25) is 9.69 Å². The van der Waals surface area contributed by atoms with Crippen LogP contribution in [0.5, 0.6) is 0 Å². The van der Waals surface area contributed by atoms with Crippen LogP contribution in [0, 0.1) is 11.8 Å². The smallest absolute Gasteiger partial charge is 0.225 e. The molecule has 23 heavy (non-hydrogen) atoms. The number of hydrogen-bond donors (Lipinski definition) is 1. The van der Waals surface area contributed by atoms with E-state index >= 15 is 0 Å². The van der Waals surface area contributed by atoms with Gasteiger partial charge in [-0.2, -0.15) is 0 Å². The SMILES string of the molecule is O=C(CC1(O)CCC1)N1C[C@H]2CN(Cc3csc(Cl)n3)C[C@H]2C1. The fraction of sp³-hybridized carbons (Fsp3) is 0.750. The van der Waals surface area contributed by atoms with Crippen molar-refractivity contribution in [3.8, 4) is 0 Å². The van der Waals surface area contributed by atoms with Gasteiger partial charge in [-0.15, -0.1) is 11.3 Å². The first kappa shape index (κ1) is 15.8. The largest absolute Gasteiger partial charge is 0.389 e. The number of fused-ring (bicyclic) bond motifs is 1. The third kappa shape index (κ3) is 3.27. The molecule has 126 valence electrons. The van der Waals surface area contributed by atoms with Crippen LogP contribution in [0.2, 0.25) is 4.47 Å². The number of rotatable bonds is 4. The van der Waals surface area contributed by atoms with Crippen LogP contribution in [0.1, 0.15) is 31.4 Å². The van der Waals surface area contributed by atoms with E-state index in [9.17, 15) is 9.90 Å². The number of aliphatic hydroxyl groups is 1. The highest BCUT2D eigenvalue weighted by Gasteiger charge is 2.44. The molecule has 3 heterocycles. The van der Waals surface area contributed by atoms with Crippen LogP contribution in [0.15, 0.2) is 5.38 Å². The molecule has 1 amide bonds. The zero-order valence-electron chi connectivity index (χ0n) is 13.1. The molecule has 1 saturated carbocycles. The van der Waals surface area contributed by atoms with E-state index in [4.69, 9.17) is 11.6 Å². The number of carbonyl (C=O) groups excluding carboxylic acids is 1. The Balaban J connectivity index is 1.28. The van der Waals surface area contributed by atoms with Crippen molar-refractivity contribution < 1.29 is 9.90 Å². The Labute approximate surface area is 145 Å². The molecular formula is C16H22ClN3O2S. The second-order valence-corrected chi connectivity index (χ2v) is 8.80. The van der Waals surface area contributed by atoms with Crippen molar-refractivity contribution in [3.63, 3.8) is 0 Å². The van der Waals surface area contributed by atoms with Crippen molar-refractivity contribution >= 4 is 28.8 Å². The summed E-state index contributed by atoms with van der Waals surface area (Å²) in [5, 5.41) is 12.2. The van der Waals surface area contributed by atoms with E-state index in [2.05, 4.69) is 9.88 Å². The maximum atomic E-state index is 12.4. The van der Waals surface area contributed by atoms with Crippen LogP contribution in [0.25, 0.3) is 0 Å². The zero-order chi connectivity index (χ0) is 16.0. The van der Waals surface area contributed by atoms with Crippen LogP contribution in [0.4, 0.5) is 0 Å². The van der Waals surface area contributed by atoms with Crippen LogP contribution in [-0.2, 0) is 11.3 Å². The van der Waals surface area contributed by atoms with Gasteiger partial charge >= 0.3 is 0 Å². The van der Waals surface area contributed by atoms with Crippen LogP contribution < -0.4 is 0 Å². The molecule has 0 unspecified atom stereocenters. The highest BCUT2D eigenvalue weighted by Crippen LogP contribution is 2.37. The molecule has 0 aromatic carbocycles. The number of thiazole rings is 1. The lowest BCUT2D eigenvalue weighted by Crippen LogP contribution is -2.43. The van der Waals surface area contributed by atoms with E-state index in [1.807, 2.05) is 10.3 Å². The molecule has 2 saturated heterocycles. The summed E-state index contributed by atoms with van der Waals surface area (Å²) in [5.41, 5.74) is 0.338. The van der Waals surface area contributed by atoms with Gasteiger partial charge in [0.2, 0.25) is 5.91 Å². The Bertz CT molecular complexity index is 590. The third-order valence-electron chi connectivity index (χ3n) is 5.59. The zero-order valence-corrected chi connectivity index (χ0v) is 14.7. The number of likely N-dealkylation sites (tertiary alicyclic amines) is 2. The van der Waals surface area contributed by atoms with E-state index in [-0.39, 0.29) is 5.91 Å². The first-order valence-electron chi connectivity index (χ1n) is 8.33. The summed E-state index contributed by atoms with van der Waals surface area (Å²) in [6.45, 7) is 4.58. The van der Waals surface area contributed by atoms with Crippen LogP contribution in [-0.4, -0.2) is 57.6 Å². The lowest BCUT2D eigenvalue weighted by molar-refractivity contribution is -0.139. The lowest BCUT2D eigenvalue weighted by atomic mass is 9.77. The minimum Gasteiger partial charge on any atom is -0.389 e. The summed E-state index contributed by atoms with van der Waals surface area (Å²) < 4.78 is 0.602. The molecule has 2 atom stereocenters. The van der Waals surface area contributed by atoms with Gasteiger partial charge in [0.25, 0.3) is 0 Å². The Morgan fingerprint density at radius 3 is 2.57 bits per heavy atom. The van der Waals surface area contributed by atoms with Gasteiger partial charge in [0.1, 0.15) is 0 Å². The summed E-state index contributed by atoms with van der Waals surface area (Å²) in [6, 6.07) is 0. The molecule has 1 aromatic rings. The van der Waals surface area contributed by atoms with Gasteiger partial charge in [0, 0.05) is 38.1 Å². The fourth-order valence-corrected chi connectivity index (χ4v) is 4.93. The van der Waals surface area contributed by atoms with E-state index in [0.717, 1.165) is 57.7 Å². The number of hydrogen-bond acceptors (Lipinski definition) is 5. The number of carbonyl (C=O) groups is 1. The van der Waals surface area contributed by atoms with Crippen molar-refractivity contribution in [2.24, 2.45) is 11.8 Å². The molecule has 5 nitrogen and oxygen atoms in total. The maximum Gasteiger partial charge on any atom is 0.225 e.